The Morgan fingerprint density at radius 1 is 1.12 bits per heavy atom. The summed E-state index contributed by atoms with van der Waals surface area (Å²) < 4.78 is 41.4. The van der Waals surface area contributed by atoms with Gasteiger partial charge in [-0.3, -0.25) is 4.79 Å². The molecule has 1 heterocycles. The fourth-order valence-electron chi connectivity index (χ4n) is 5.23. The SMILES string of the molecule is Cc1cc(N2CCc3cc(F)ccc3C2)cc(C2CCC(F)(F)CC2)c1NC(=O)CC(C)(C)C. The van der Waals surface area contributed by atoms with Crippen molar-refractivity contribution in [1.29, 1.82) is 0 Å². The molecule has 0 atom stereocenters. The van der Waals surface area contributed by atoms with E-state index in [4.69, 9.17) is 0 Å². The number of halogens is 3. The monoisotopic (exact) mass is 472 g/mol. The number of rotatable bonds is 4. The Kier molecular flexibility index (Phi) is 6.71. The van der Waals surface area contributed by atoms with Crippen molar-refractivity contribution in [2.24, 2.45) is 5.41 Å². The molecule has 3 nitrogen and oxygen atoms in total. The Morgan fingerprint density at radius 3 is 2.50 bits per heavy atom. The summed E-state index contributed by atoms with van der Waals surface area (Å²) in [6.45, 7) is 9.47. The quantitative estimate of drug-likeness (QED) is 0.504. The van der Waals surface area contributed by atoms with Gasteiger partial charge in [0.1, 0.15) is 5.82 Å². The number of carbonyl (C=O) groups excluding carboxylic acids is 1. The van der Waals surface area contributed by atoms with Crippen LogP contribution >= 0.6 is 0 Å². The second-order valence-electron chi connectivity index (χ2n) is 11.2. The second kappa shape index (κ2) is 9.27. The van der Waals surface area contributed by atoms with Crippen molar-refractivity contribution in [3.8, 4) is 0 Å². The molecule has 1 fully saturated rings. The topological polar surface area (TPSA) is 32.3 Å². The first kappa shape index (κ1) is 24.6. The van der Waals surface area contributed by atoms with Gasteiger partial charge in [-0.2, -0.15) is 0 Å². The average molecular weight is 473 g/mol. The van der Waals surface area contributed by atoms with Crippen LogP contribution in [0.25, 0.3) is 0 Å². The maximum Gasteiger partial charge on any atom is 0.248 e. The molecule has 0 unspecified atom stereocenters. The highest BCUT2D eigenvalue weighted by Crippen LogP contribution is 2.45. The van der Waals surface area contributed by atoms with E-state index in [-0.39, 0.29) is 35.9 Å². The zero-order chi connectivity index (χ0) is 24.7. The van der Waals surface area contributed by atoms with Gasteiger partial charge < -0.3 is 10.2 Å². The summed E-state index contributed by atoms with van der Waals surface area (Å²) in [5.74, 6) is -2.89. The molecule has 0 saturated heterocycles. The molecule has 34 heavy (non-hydrogen) atoms. The number of nitrogens with one attached hydrogen (secondary N) is 1. The molecule has 0 spiro atoms. The lowest BCUT2D eigenvalue weighted by Gasteiger charge is -2.34. The van der Waals surface area contributed by atoms with Gasteiger partial charge in [0.25, 0.3) is 0 Å². The van der Waals surface area contributed by atoms with Crippen LogP contribution in [0, 0.1) is 18.2 Å². The van der Waals surface area contributed by atoms with E-state index < -0.39 is 5.92 Å². The van der Waals surface area contributed by atoms with Crippen molar-refractivity contribution in [2.45, 2.75) is 84.6 Å². The fraction of sp³-hybridized carbons (Fsp3) is 0.536. The highest BCUT2D eigenvalue weighted by molar-refractivity contribution is 5.93. The lowest BCUT2D eigenvalue weighted by Crippen LogP contribution is -2.31. The fourth-order valence-corrected chi connectivity index (χ4v) is 5.23. The summed E-state index contributed by atoms with van der Waals surface area (Å²) in [7, 11) is 0. The largest absolute Gasteiger partial charge is 0.367 e. The Hall–Kier alpha value is -2.50. The Morgan fingerprint density at radius 2 is 1.82 bits per heavy atom. The summed E-state index contributed by atoms with van der Waals surface area (Å²) in [5, 5.41) is 3.12. The van der Waals surface area contributed by atoms with Gasteiger partial charge >= 0.3 is 0 Å². The molecule has 2 aromatic rings. The molecular formula is C28H35F3N2O. The van der Waals surface area contributed by atoms with E-state index in [9.17, 15) is 18.0 Å². The molecule has 1 aliphatic heterocycles. The number of benzene rings is 2. The maximum absolute atomic E-state index is 13.9. The van der Waals surface area contributed by atoms with Gasteiger partial charge in [0, 0.05) is 43.7 Å². The molecule has 4 rings (SSSR count). The smallest absolute Gasteiger partial charge is 0.248 e. The number of carbonyl (C=O) groups is 1. The lowest BCUT2D eigenvalue weighted by molar-refractivity contribution is -0.117. The number of fused-ring (bicyclic) bond motifs is 1. The van der Waals surface area contributed by atoms with E-state index in [1.807, 2.05) is 33.8 Å². The molecule has 1 N–H and O–H groups in total. The summed E-state index contributed by atoms with van der Waals surface area (Å²) in [5.41, 5.74) is 5.68. The Bertz CT molecular complexity index is 1060. The zero-order valence-corrected chi connectivity index (χ0v) is 20.6. The number of alkyl halides is 2. The summed E-state index contributed by atoms with van der Waals surface area (Å²) in [6, 6.07) is 9.11. The third-order valence-corrected chi connectivity index (χ3v) is 7.01. The number of hydrogen-bond acceptors (Lipinski definition) is 2. The lowest BCUT2D eigenvalue weighted by atomic mass is 9.80. The number of nitrogens with zero attached hydrogens (tertiary/aromatic N) is 1. The van der Waals surface area contributed by atoms with E-state index in [1.165, 1.54) is 6.07 Å². The van der Waals surface area contributed by atoms with Crippen LogP contribution in [0.3, 0.4) is 0 Å². The van der Waals surface area contributed by atoms with E-state index >= 15 is 0 Å². The van der Waals surface area contributed by atoms with E-state index in [0.29, 0.717) is 25.8 Å². The van der Waals surface area contributed by atoms with E-state index in [2.05, 4.69) is 22.3 Å². The summed E-state index contributed by atoms with van der Waals surface area (Å²) in [4.78, 5) is 15.1. The molecule has 0 aromatic heterocycles. The molecule has 1 aliphatic carbocycles. The Balaban J connectivity index is 1.66. The first-order valence-corrected chi connectivity index (χ1v) is 12.2. The second-order valence-corrected chi connectivity index (χ2v) is 11.2. The van der Waals surface area contributed by atoms with E-state index in [0.717, 1.165) is 46.6 Å². The highest BCUT2D eigenvalue weighted by atomic mass is 19.3. The zero-order valence-electron chi connectivity index (χ0n) is 20.6. The van der Waals surface area contributed by atoms with Crippen molar-refractivity contribution in [2.75, 3.05) is 16.8 Å². The number of amides is 1. The molecule has 2 aromatic carbocycles. The van der Waals surface area contributed by atoms with Crippen LogP contribution in [-0.2, 0) is 17.8 Å². The van der Waals surface area contributed by atoms with Crippen LogP contribution < -0.4 is 10.2 Å². The standard InChI is InChI=1S/C28H35F3N2O/c1-18-13-23(33-12-9-20-14-22(29)6-5-21(20)17-33)15-24(19-7-10-28(30,31)11-8-19)26(18)32-25(34)16-27(2,3)4/h5-6,13-15,19H,7-12,16-17H2,1-4H3,(H,32,34). The highest BCUT2D eigenvalue weighted by Gasteiger charge is 2.36. The van der Waals surface area contributed by atoms with Crippen LogP contribution in [0.1, 0.15) is 81.0 Å². The minimum absolute atomic E-state index is 0.0191. The van der Waals surface area contributed by atoms with Gasteiger partial charge in [0.05, 0.1) is 0 Å². The van der Waals surface area contributed by atoms with Crippen LogP contribution in [0.5, 0.6) is 0 Å². The van der Waals surface area contributed by atoms with Gasteiger partial charge in [0.2, 0.25) is 11.8 Å². The third-order valence-electron chi connectivity index (χ3n) is 7.01. The number of aryl methyl sites for hydroxylation is 1. The molecule has 1 saturated carbocycles. The van der Waals surface area contributed by atoms with Crippen molar-refractivity contribution in [3.05, 3.63) is 58.4 Å². The normalized spacial score (nSPS) is 18.5. The number of anilines is 2. The van der Waals surface area contributed by atoms with Gasteiger partial charge in [-0.15, -0.1) is 0 Å². The van der Waals surface area contributed by atoms with Crippen molar-refractivity contribution in [3.63, 3.8) is 0 Å². The third kappa shape index (κ3) is 5.76. The maximum atomic E-state index is 13.9. The predicted molar refractivity (Wildman–Crippen MR) is 131 cm³/mol. The van der Waals surface area contributed by atoms with Crippen LogP contribution in [0.2, 0.25) is 0 Å². The van der Waals surface area contributed by atoms with Gasteiger partial charge in [0.15, 0.2) is 0 Å². The first-order chi connectivity index (χ1) is 15.9. The van der Waals surface area contributed by atoms with Crippen LogP contribution in [0.4, 0.5) is 24.5 Å². The molecule has 184 valence electrons. The molecule has 2 aliphatic rings. The Labute approximate surface area is 200 Å². The molecule has 0 bridgehead atoms. The van der Waals surface area contributed by atoms with Crippen molar-refractivity contribution in [1.82, 2.24) is 0 Å². The predicted octanol–water partition coefficient (Wildman–Crippen LogP) is 7.36. The van der Waals surface area contributed by atoms with E-state index in [1.54, 1.807) is 6.07 Å². The van der Waals surface area contributed by atoms with Gasteiger partial charge in [-0.1, -0.05) is 26.8 Å². The molecular weight excluding hydrogens is 437 g/mol. The molecule has 6 heteroatoms. The average Bonchev–Trinajstić information content (AvgIpc) is 2.73. The molecule has 0 radical (unpaired) electrons. The van der Waals surface area contributed by atoms with Gasteiger partial charge in [-0.25, -0.2) is 13.2 Å². The summed E-state index contributed by atoms with van der Waals surface area (Å²) in [6.07, 6.45) is 1.69. The first-order valence-electron chi connectivity index (χ1n) is 12.2. The van der Waals surface area contributed by atoms with Crippen LogP contribution in [-0.4, -0.2) is 18.4 Å². The minimum atomic E-state index is -2.61. The minimum Gasteiger partial charge on any atom is -0.367 e. The van der Waals surface area contributed by atoms with Crippen LogP contribution in [0.15, 0.2) is 30.3 Å². The van der Waals surface area contributed by atoms with Crippen molar-refractivity contribution < 1.29 is 18.0 Å². The molecule has 1 amide bonds. The number of hydrogen-bond donors (Lipinski definition) is 1. The van der Waals surface area contributed by atoms with Gasteiger partial charge in [-0.05, 0) is 84.0 Å². The summed E-state index contributed by atoms with van der Waals surface area (Å²) >= 11 is 0. The van der Waals surface area contributed by atoms with Crippen molar-refractivity contribution >= 4 is 17.3 Å².